The Hall–Kier alpha value is -0.0500. The molecule has 0 aromatic carbocycles. The second-order valence-corrected chi connectivity index (χ2v) is 5.13. The van der Waals surface area contributed by atoms with Crippen LogP contribution in [-0.2, 0) is 11.3 Å². The van der Waals surface area contributed by atoms with Crippen molar-refractivity contribution in [3.63, 3.8) is 0 Å². The van der Waals surface area contributed by atoms with E-state index in [2.05, 4.69) is 5.32 Å². The van der Waals surface area contributed by atoms with Crippen LogP contribution < -0.4 is 5.32 Å². The van der Waals surface area contributed by atoms with Crippen molar-refractivity contribution in [1.29, 1.82) is 0 Å². The summed E-state index contributed by atoms with van der Waals surface area (Å²) in [6.45, 7) is 6.44. The van der Waals surface area contributed by atoms with Gasteiger partial charge in [0.05, 0.1) is 0 Å². The van der Waals surface area contributed by atoms with E-state index in [0.717, 1.165) is 6.42 Å². The molecule has 0 aliphatic rings. The van der Waals surface area contributed by atoms with Gasteiger partial charge in [-0.15, -0.1) is 0 Å². The SMILES string of the molecule is CCNC(O)N(C)[C@H](CC)[C@@H](C)N(C)S(=O)O. The van der Waals surface area contributed by atoms with E-state index in [1.54, 1.807) is 19.0 Å². The molecule has 0 fully saturated rings. The summed E-state index contributed by atoms with van der Waals surface area (Å²) in [6.07, 6.45) is 0.0368. The molecule has 0 bridgehead atoms. The van der Waals surface area contributed by atoms with Gasteiger partial charge < -0.3 is 5.11 Å². The molecule has 0 amide bonds. The van der Waals surface area contributed by atoms with Crippen LogP contribution in [0.25, 0.3) is 0 Å². The molecule has 6 nitrogen and oxygen atoms in total. The fourth-order valence-electron chi connectivity index (χ4n) is 1.86. The molecule has 0 aliphatic heterocycles. The van der Waals surface area contributed by atoms with Crippen molar-refractivity contribution in [3.05, 3.63) is 0 Å². The van der Waals surface area contributed by atoms with Crippen LogP contribution in [-0.4, -0.2) is 62.1 Å². The van der Waals surface area contributed by atoms with Crippen molar-refractivity contribution in [2.75, 3.05) is 20.6 Å². The quantitative estimate of drug-likeness (QED) is 0.428. The zero-order chi connectivity index (χ0) is 13.6. The minimum Gasteiger partial charge on any atom is -0.365 e. The van der Waals surface area contributed by atoms with Crippen molar-refractivity contribution < 1.29 is 13.9 Å². The van der Waals surface area contributed by atoms with Gasteiger partial charge in [0.25, 0.3) is 0 Å². The molecule has 0 heterocycles. The predicted octanol–water partition coefficient (Wildman–Crippen LogP) is 0.0392. The number of aliphatic hydroxyl groups is 1. The third kappa shape index (κ3) is 4.99. The van der Waals surface area contributed by atoms with Gasteiger partial charge in [-0.2, -0.15) is 4.31 Å². The van der Waals surface area contributed by atoms with Crippen LogP contribution in [0.3, 0.4) is 0 Å². The van der Waals surface area contributed by atoms with Gasteiger partial charge in [-0.05, 0) is 26.9 Å². The predicted molar refractivity (Wildman–Crippen MR) is 69.5 cm³/mol. The van der Waals surface area contributed by atoms with Gasteiger partial charge in [-0.1, -0.05) is 13.8 Å². The Kier molecular flexibility index (Phi) is 8.10. The lowest BCUT2D eigenvalue weighted by Crippen LogP contribution is -2.55. The van der Waals surface area contributed by atoms with Crippen molar-refractivity contribution in [3.8, 4) is 0 Å². The minimum atomic E-state index is -1.99. The number of rotatable bonds is 8. The Morgan fingerprint density at radius 3 is 2.24 bits per heavy atom. The van der Waals surface area contributed by atoms with E-state index >= 15 is 0 Å². The number of nitrogens with one attached hydrogen (secondary N) is 1. The third-order valence-corrected chi connectivity index (χ3v) is 3.92. The molecule has 0 aliphatic carbocycles. The summed E-state index contributed by atoms with van der Waals surface area (Å²) in [5.41, 5.74) is 0. The molecular weight excluding hydrogens is 242 g/mol. The minimum absolute atomic E-state index is 0.00912. The number of hydrogen-bond acceptors (Lipinski definition) is 4. The van der Waals surface area contributed by atoms with E-state index in [1.165, 1.54) is 4.31 Å². The molecule has 17 heavy (non-hydrogen) atoms. The average molecular weight is 267 g/mol. The molecule has 3 N–H and O–H groups in total. The monoisotopic (exact) mass is 267 g/mol. The molecule has 0 saturated heterocycles. The zero-order valence-corrected chi connectivity index (χ0v) is 12.1. The lowest BCUT2D eigenvalue weighted by molar-refractivity contribution is -0.0427. The maximum absolute atomic E-state index is 11.0. The van der Waals surface area contributed by atoms with E-state index in [1.807, 2.05) is 20.8 Å². The first-order chi connectivity index (χ1) is 7.86. The standard InChI is InChI=1S/C10H25N3O3S/c1-6-9(8(3)13(5)17(15)16)12(4)10(14)11-7-2/h8-11,14H,6-7H2,1-5H3,(H,15,16)/t8-,9-,10?/m1/s1. The molecule has 0 aromatic rings. The summed E-state index contributed by atoms with van der Waals surface area (Å²) in [4.78, 5) is 1.78. The summed E-state index contributed by atoms with van der Waals surface area (Å²) in [7, 11) is 3.39. The lowest BCUT2D eigenvalue weighted by Gasteiger charge is -2.37. The number of likely N-dealkylation sites (N-methyl/N-ethyl adjacent to an activating group) is 2. The summed E-state index contributed by atoms with van der Waals surface area (Å²) >= 11 is -1.99. The molecule has 0 spiro atoms. The molecule has 104 valence electrons. The number of nitrogens with zero attached hydrogens (tertiary/aromatic N) is 2. The molecule has 7 heteroatoms. The van der Waals surface area contributed by atoms with E-state index in [9.17, 15) is 9.32 Å². The second-order valence-electron chi connectivity index (χ2n) is 4.09. The maximum Gasteiger partial charge on any atom is 0.234 e. The fourth-order valence-corrected chi connectivity index (χ4v) is 2.29. The number of aliphatic hydroxyl groups excluding tert-OH is 1. The molecule has 4 atom stereocenters. The first kappa shape index (κ1) is 16.9. The van der Waals surface area contributed by atoms with Gasteiger partial charge in [0.2, 0.25) is 11.3 Å². The van der Waals surface area contributed by atoms with Crippen molar-refractivity contribution in [2.24, 2.45) is 0 Å². The third-order valence-electron chi connectivity index (χ3n) is 3.09. The fraction of sp³-hybridized carbons (Fsp3) is 1.00. The van der Waals surface area contributed by atoms with Crippen LogP contribution >= 0.6 is 0 Å². The van der Waals surface area contributed by atoms with Gasteiger partial charge in [0, 0.05) is 19.1 Å². The molecule has 2 unspecified atom stereocenters. The topological polar surface area (TPSA) is 76.0 Å². The van der Waals surface area contributed by atoms with E-state index in [-0.39, 0.29) is 12.1 Å². The molecule has 0 saturated carbocycles. The Morgan fingerprint density at radius 1 is 1.35 bits per heavy atom. The van der Waals surface area contributed by atoms with Crippen LogP contribution in [0.2, 0.25) is 0 Å². The lowest BCUT2D eigenvalue weighted by atomic mass is 10.1. The van der Waals surface area contributed by atoms with Crippen LogP contribution in [0.1, 0.15) is 27.2 Å². The van der Waals surface area contributed by atoms with Crippen LogP contribution in [0.15, 0.2) is 0 Å². The van der Waals surface area contributed by atoms with Crippen LogP contribution in [0, 0.1) is 0 Å². The van der Waals surface area contributed by atoms with Gasteiger partial charge in [-0.3, -0.25) is 14.8 Å². The zero-order valence-electron chi connectivity index (χ0n) is 11.3. The summed E-state index contributed by atoms with van der Waals surface area (Å²) in [6, 6.07) is -0.144. The molecule has 0 aromatic heterocycles. The van der Waals surface area contributed by atoms with Gasteiger partial charge in [0.1, 0.15) is 0 Å². The maximum atomic E-state index is 11.0. The molecule has 0 rings (SSSR count). The normalized spacial score (nSPS) is 19.4. The Bertz CT molecular complexity index is 243. The highest BCUT2D eigenvalue weighted by Crippen LogP contribution is 2.14. The average Bonchev–Trinajstić information content (AvgIpc) is 2.28. The highest BCUT2D eigenvalue weighted by atomic mass is 32.2. The van der Waals surface area contributed by atoms with Gasteiger partial charge >= 0.3 is 0 Å². The first-order valence-corrected chi connectivity index (χ1v) is 6.90. The Morgan fingerprint density at radius 2 is 1.88 bits per heavy atom. The summed E-state index contributed by atoms with van der Waals surface area (Å²) in [5, 5.41) is 12.8. The largest absolute Gasteiger partial charge is 0.365 e. The smallest absolute Gasteiger partial charge is 0.234 e. The molecular formula is C10H25N3O3S. The highest BCUT2D eigenvalue weighted by molar-refractivity contribution is 7.76. The highest BCUT2D eigenvalue weighted by Gasteiger charge is 2.28. The summed E-state index contributed by atoms with van der Waals surface area (Å²) < 4.78 is 21.5. The number of hydrogen-bond donors (Lipinski definition) is 3. The van der Waals surface area contributed by atoms with Gasteiger partial charge in [0.15, 0.2) is 6.35 Å². The Labute approximate surface area is 106 Å². The van der Waals surface area contributed by atoms with E-state index in [0.29, 0.717) is 6.54 Å². The van der Waals surface area contributed by atoms with Crippen molar-refractivity contribution in [1.82, 2.24) is 14.5 Å². The Balaban J connectivity index is 4.64. The van der Waals surface area contributed by atoms with Crippen LogP contribution in [0.5, 0.6) is 0 Å². The molecule has 0 radical (unpaired) electrons. The van der Waals surface area contributed by atoms with Gasteiger partial charge in [-0.25, -0.2) is 4.21 Å². The van der Waals surface area contributed by atoms with Crippen molar-refractivity contribution in [2.45, 2.75) is 45.6 Å². The van der Waals surface area contributed by atoms with Crippen LogP contribution in [0.4, 0.5) is 0 Å². The second kappa shape index (κ2) is 8.12. The van der Waals surface area contributed by atoms with E-state index in [4.69, 9.17) is 4.55 Å². The van der Waals surface area contributed by atoms with E-state index < -0.39 is 17.6 Å². The first-order valence-electron chi connectivity index (χ1n) is 5.83. The van der Waals surface area contributed by atoms with Crippen molar-refractivity contribution >= 4 is 11.3 Å². The summed E-state index contributed by atoms with van der Waals surface area (Å²) in [5.74, 6) is 0.